The molecule has 0 spiro atoms. The van der Waals surface area contributed by atoms with Crippen LogP contribution in [0.1, 0.15) is 57.4 Å². The van der Waals surface area contributed by atoms with Crippen LogP contribution in [-0.2, 0) is 0 Å². The molecular formula is C37H44. The molecule has 37 heavy (non-hydrogen) atoms. The lowest BCUT2D eigenvalue weighted by Crippen LogP contribution is -2.24. The van der Waals surface area contributed by atoms with E-state index in [1.807, 2.05) is 32.1 Å². The smallest absolute Gasteiger partial charge is 0.00761 e. The quantitative estimate of drug-likeness (QED) is 0.290. The first-order chi connectivity index (χ1) is 17.3. The summed E-state index contributed by atoms with van der Waals surface area (Å²) in [5.41, 5.74) is 8.33. The third kappa shape index (κ3) is 8.05. The largest absolute Gasteiger partial charge is 0.0991 e. The third-order valence-electron chi connectivity index (χ3n) is 6.28. The normalized spacial score (nSPS) is 12.4. The Labute approximate surface area is 225 Å². The van der Waals surface area contributed by atoms with E-state index in [0.29, 0.717) is 0 Å². The Bertz CT molecular complexity index is 1470. The van der Waals surface area contributed by atoms with Crippen LogP contribution in [-0.4, -0.2) is 0 Å². The van der Waals surface area contributed by atoms with E-state index in [1.165, 1.54) is 38.6 Å². The van der Waals surface area contributed by atoms with Gasteiger partial charge in [-0.2, -0.15) is 0 Å². The second kappa shape index (κ2) is 15.3. The molecule has 0 bridgehead atoms. The second-order valence-corrected chi connectivity index (χ2v) is 8.67. The Morgan fingerprint density at radius 2 is 1.54 bits per heavy atom. The Balaban J connectivity index is 0.00000223. The summed E-state index contributed by atoms with van der Waals surface area (Å²) in [5, 5.41) is 4.62. The number of hydrogen-bond acceptors (Lipinski definition) is 0. The van der Waals surface area contributed by atoms with Gasteiger partial charge < -0.3 is 0 Å². The number of allylic oxidation sites excluding steroid dienone is 9. The van der Waals surface area contributed by atoms with Crippen molar-refractivity contribution in [3.05, 3.63) is 142 Å². The molecule has 0 aliphatic heterocycles. The van der Waals surface area contributed by atoms with Crippen molar-refractivity contribution in [1.82, 2.24) is 0 Å². The molecule has 0 aromatic heterocycles. The summed E-state index contributed by atoms with van der Waals surface area (Å²) in [7, 11) is 0. The molecule has 3 aromatic rings. The third-order valence-corrected chi connectivity index (χ3v) is 6.28. The van der Waals surface area contributed by atoms with Crippen molar-refractivity contribution in [3.8, 4) is 0 Å². The summed E-state index contributed by atoms with van der Waals surface area (Å²) in [5.74, 6) is 0. The monoisotopic (exact) mass is 488 g/mol. The average molecular weight is 489 g/mol. The van der Waals surface area contributed by atoms with Gasteiger partial charge in [-0.3, -0.25) is 0 Å². The van der Waals surface area contributed by atoms with Crippen molar-refractivity contribution in [1.29, 1.82) is 0 Å². The van der Waals surface area contributed by atoms with Crippen molar-refractivity contribution >= 4 is 35.1 Å². The van der Waals surface area contributed by atoms with Gasteiger partial charge in [-0.05, 0) is 87.9 Å². The molecule has 0 saturated carbocycles. The maximum Gasteiger partial charge on any atom is -0.00761 e. The van der Waals surface area contributed by atoms with E-state index in [0.717, 1.165) is 21.6 Å². The topological polar surface area (TPSA) is 0 Å². The maximum atomic E-state index is 4.46. The van der Waals surface area contributed by atoms with E-state index < -0.39 is 0 Å². The van der Waals surface area contributed by atoms with Gasteiger partial charge in [0.2, 0.25) is 0 Å². The summed E-state index contributed by atoms with van der Waals surface area (Å²) in [6, 6.07) is 17.2. The minimum Gasteiger partial charge on any atom is -0.0991 e. The first-order valence-electron chi connectivity index (χ1n) is 12.6. The van der Waals surface area contributed by atoms with E-state index in [-0.39, 0.29) is 7.43 Å². The van der Waals surface area contributed by atoms with Crippen LogP contribution in [0.3, 0.4) is 0 Å². The standard InChI is InChI=1S/C34H34.C2H6.CH4/c1-8-9-10-13-24(2)25(3)16-18-30-20-22-32-23-21-31(29(7)34(32)28(30)6)19-17-27(5)33-15-12-11-14-26(33)4;1-2;/h8-23H,1,3,7H2,2,4-6H3;1-2H3;1H4/b10-9-,18-16-,24-13+,27-17+,31-19-;;. The lowest BCUT2D eigenvalue weighted by atomic mass is 9.96. The molecule has 192 valence electrons. The molecule has 0 aliphatic carbocycles. The van der Waals surface area contributed by atoms with E-state index in [9.17, 15) is 0 Å². The first kappa shape index (κ1) is 31.1. The molecule has 0 atom stereocenters. The highest BCUT2D eigenvalue weighted by Crippen LogP contribution is 2.21. The van der Waals surface area contributed by atoms with Crippen molar-refractivity contribution in [2.45, 2.75) is 49.0 Å². The number of aryl methyl sites for hydroxylation is 2. The van der Waals surface area contributed by atoms with Crippen LogP contribution in [0.5, 0.6) is 0 Å². The minimum atomic E-state index is 0. The number of rotatable bonds is 7. The zero-order valence-electron chi connectivity index (χ0n) is 22.9. The highest BCUT2D eigenvalue weighted by molar-refractivity contribution is 5.89. The van der Waals surface area contributed by atoms with Crippen LogP contribution < -0.4 is 10.4 Å². The van der Waals surface area contributed by atoms with Crippen LogP contribution >= 0.6 is 0 Å². The Morgan fingerprint density at radius 1 is 0.865 bits per heavy atom. The molecule has 0 amide bonds. The van der Waals surface area contributed by atoms with Gasteiger partial charge in [-0.1, -0.05) is 138 Å². The van der Waals surface area contributed by atoms with Gasteiger partial charge in [0.15, 0.2) is 0 Å². The molecule has 0 heterocycles. The highest BCUT2D eigenvalue weighted by atomic mass is 14.1. The lowest BCUT2D eigenvalue weighted by molar-refractivity contribution is 1.41. The van der Waals surface area contributed by atoms with E-state index in [1.54, 1.807) is 6.08 Å². The molecule has 0 heteroatoms. The number of benzene rings is 3. The Hall–Kier alpha value is -3.90. The maximum absolute atomic E-state index is 4.46. The van der Waals surface area contributed by atoms with Crippen LogP contribution in [0.15, 0.2) is 109 Å². The van der Waals surface area contributed by atoms with Gasteiger partial charge in [-0.25, -0.2) is 0 Å². The van der Waals surface area contributed by atoms with Crippen LogP contribution in [0.2, 0.25) is 0 Å². The van der Waals surface area contributed by atoms with Gasteiger partial charge in [0.05, 0.1) is 0 Å². The van der Waals surface area contributed by atoms with Crippen molar-refractivity contribution in [2.75, 3.05) is 0 Å². The molecule has 0 N–H and O–H groups in total. The number of fused-ring (bicyclic) bond motifs is 1. The summed E-state index contributed by atoms with van der Waals surface area (Å²) in [6.45, 7) is 24.9. The SMILES string of the molecule is C.C=C/C=C\C=C(/C)C(=C)/C=C\c1ccc2cc/c(=C/C=C(\C)c3ccccc3C)c(=C)c2c1C.CC. The molecule has 0 aliphatic rings. The zero-order valence-corrected chi connectivity index (χ0v) is 22.9. The predicted octanol–water partition coefficient (Wildman–Crippen LogP) is 9.67. The Kier molecular flexibility index (Phi) is 12.8. The van der Waals surface area contributed by atoms with E-state index >= 15 is 0 Å². The zero-order chi connectivity index (χ0) is 26.7. The van der Waals surface area contributed by atoms with Crippen molar-refractivity contribution < 1.29 is 0 Å². The molecule has 0 saturated heterocycles. The highest BCUT2D eigenvalue weighted by Gasteiger charge is 2.04. The first-order valence-corrected chi connectivity index (χ1v) is 12.6. The van der Waals surface area contributed by atoms with Crippen LogP contribution in [0, 0.1) is 13.8 Å². The van der Waals surface area contributed by atoms with E-state index in [4.69, 9.17) is 0 Å². The molecular weight excluding hydrogens is 444 g/mol. The van der Waals surface area contributed by atoms with Gasteiger partial charge in [0.1, 0.15) is 0 Å². The Morgan fingerprint density at radius 3 is 2.22 bits per heavy atom. The summed E-state index contributed by atoms with van der Waals surface area (Å²) < 4.78 is 0. The average Bonchev–Trinajstić information content (AvgIpc) is 2.89. The van der Waals surface area contributed by atoms with Crippen molar-refractivity contribution in [2.24, 2.45) is 0 Å². The fourth-order valence-electron chi connectivity index (χ4n) is 4.08. The van der Waals surface area contributed by atoms with Gasteiger partial charge >= 0.3 is 0 Å². The minimum absolute atomic E-state index is 0. The van der Waals surface area contributed by atoms with Crippen LogP contribution in [0.4, 0.5) is 0 Å². The van der Waals surface area contributed by atoms with Crippen LogP contribution in [0.25, 0.3) is 35.1 Å². The van der Waals surface area contributed by atoms with Gasteiger partial charge in [0.25, 0.3) is 0 Å². The molecule has 0 unspecified atom stereocenters. The summed E-state index contributed by atoms with van der Waals surface area (Å²) in [6.07, 6.45) is 16.3. The predicted molar refractivity (Wildman–Crippen MR) is 172 cm³/mol. The lowest BCUT2D eigenvalue weighted by Gasteiger charge is -2.08. The number of hydrogen-bond donors (Lipinski definition) is 0. The van der Waals surface area contributed by atoms with Crippen molar-refractivity contribution in [3.63, 3.8) is 0 Å². The molecule has 0 radical (unpaired) electrons. The van der Waals surface area contributed by atoms with Gasteiger partial charge in [0, 0.05) is 0 Å². The fraction of sp³-hybridized carbons (Fsp3) is 0.189. The van der Waals surface area contributed by atoms with E-state index in [2.05, 4.69) is 120 Å². The molecule has 0 fully saturated rings. The summed E-state index contributed by atoms with van der Waals surface area (Å²) >= 11 is 0. The molecule has 3 aromatic carbocycles. The van der Waals surface area contributed by atoms with Gasteiger partial charge in [-0.15, -0.1) is 0 Å². The molecule has 0 nitrogen and oxygen atoms in total. The molecule has 3 rings (SSSR count). The summed E-state index contributed by atoms with van der Waals surface area (Å²) in [4.78, 5) is 0. The second-order valence-electron chi connectivity index (χ2n) is 8.67. The fourth-order valence-corrected chi connectivity index (χ4v) is 4.08.